The second-order valence-electron chi connectivity index (χ2n) is 5.22. The largest absolute Gasteiger partial charge is 0.395 e. The predicted octanol–water partition coefficient (Wildman–Crippen LogP) is 2.80. The van der Waals surface area contributed by atoms with Crippen molar-refractivity contribution in [3.05, 3.63) is 63.1 Å². The Hall–Kier alpha value is -1.63. The average molecular weight is 381 g/mol. The van der Waals surface area contributed by atoms with Crippen molar-refractivity contribution in [1.82, 2.24) is 10.3 Å². The van der Waals surface area contributed by atoms with Crippen molar-refractivity contribution in [2.45, 2.75) is 19.9 Å². The van der Waals surface area contributed by atoms with E-state index in [1.807, 2.05) is 13.0 Å². The van der Waals surface area contributed by atoms with Gasteiger partial charge in [0.2, 0.25) is 0 Å². The number of ketones is 1. The van der Waals surface area contributed by atoms with E-state index in [4.69, 9.17) is 5.11 Å². The van der Waals surface area contributed by atoms with E-state index < -0.39 is 0 Å². The fraction of sp³-hybridized carbons (Fsp3) is 0.294. The van der Waals surface area contributed by atoms with E-state index in [2.05, 4.69) is 26.2 Å². The van der Waals surface area contributed by atoms with Crippen molar-refractivity contribution in [3.63, 3.8) is 0 Å². The second-order valence-corrected chi connectivity index (χ2v) is 6.08. The molecule has 1 aromatic carbocycles. The predicted molar refractivity (Wildman–Crippen MR) is 89.9 cm³/mol. The number of aliphatic hydroxyl groups excluding tert-OH is 1. The van der Waals surface area contributed by atoms with Gasteiger partial charge in [0, 0.05) is 30.2 Å². The molecule has 0 atom stereocenters. The van der Waals surface area contributed by atoms with Gasteiger partial charge >= 0.3 is 0 Å². The SMILES string of the molecule is Cc1c(Br)cc(F)cc1CC(=O)c1ccc(CNCCO)cn1. The van der Waals surface area contributed by atoms with Gasteiger partial charge in [0.25, 0.3) is 0 Å². The Morgan fingerprint density at radius 2 is 2.17 bits per heavy atom. The summed E-state index contributed by atoms with van der Waals surface area (Å²) in [4.78, 5) is 16.5. The van der Waals surface area contributed by atoms with Gasteiger partial charge < -0.3 is 10.4 Å². The number of carbonyl (C=O) groups is 1. The van der Waals surface area contributed by atoms with E-state index in [-0.39, 0.29) is 24.6 Å². The summed E-state index contributed by atoms with van der Waals surface area (Å²) >= 11 is 3.29. The molecule has 2 aromatic rings. The summed E-state index contributed by atoms with van der Waals surface area (Å²) in [5.41, 5.74) is 2.79. The zero-order chi connectivity index (χ0) is 16.8. The maximum atomic E-state index is 13.5. The van der Waals surface area contributed by atoms with E-state index in [0.717, 1.165) is 11.1 Å². The molecular weight excluding hydrogens is 363 g/mol. The van der Waals surface area contributed by atoms with Gasteiger partial charge in [-0.3, -0.25) is 9.78 Å². The molecule has 0 bridgehead atoms. The van der Waals surface area contributed by atoms with E-state index in [0.29, 0.717) is 28.8 Å². The van der Waals surface area contributed by atoms with Crippen LogP contribution in [0.15, 0.2) is 34.9 Å². The highest BCUT2D eigenvalue weighted by Gasteiger charge is 2.13. The Bertz CT molecular complexity index is 690. The summed E-state index contributed by atoms with van der Waals surface area (Å²) in [5, 5.41) is 11.7. The van der Waals surface area contributed by atoms with Gasteiger partial charge in [0.05, 0.1) is 6.61 Å². The van der Waals surface area contributed by atoms with Crippen LogP contribution in [0, 0.1) is 12.7 Å². The monoisotopic (exact) mass is 380 g/mol. The molecule has 6 heteroatoms. The first kappa shape index (κ1) is 17.7. The summed E-state index contributed by atoms with van der Waals surface area (Å²) in [6.07, 6.45) is 1.74. The number of aromatic nitrogens is 1. The molecule has 0 aliphatic heterocycles. The van der Waals surface area contributed by atoms with Gasteiger partial charge in [-0.05, 0) is 41.8 Å². The van der Waals surface area contributed by atoms with Gasteiger partial charge in [-0.2, -0.15) is 0 Å². The lowest BCUT2D eigenvalue weighted by Gasteiger charge is -2.08. The molecule has 2 N–H and O–H groups in total. The number of rotatable bonds is 7. The zero-order valence-electron chi connectivity index (χ0n) is 12.8. The molecule has 0 aliphatic rings. The Kier molecular flexibility index (Phi) is 6.38. The quantitative estimate of drug-likeness (QED) is 0.572. The fourth-order valence-corrected chi connectivity index (χ4v) is 2.63. The normalized spacial score (nSPS) is 10.8. The number of benzene rings is 1. The van der Waals surface area contributed by atoms with Gasteiger partial charge in [0.15, 0.2) is 5.78 Å². The number of nitrogens with one attached hydrogen (secondary N) is 1. The van der Waals surface area contributed by atoms with Crippen LogP contribution >= 0.6 is 15.9 Å². The molecular formula is C17H18BrFN2O2. The fourth-order valence-electron chi connectivity index (χ4n) is 2.15. The molecule has 0 spiro atoms. The highest BCUT2D eigenvalue weighted by atomic mass is 79.9. The Morgan fingerprint density at radius 3 is 2.83 bits per heavy atom. The third kappa shape index (κ3) is 4.92. The summed E-state index contributed by atoms with van der Waals surface area (Å²) < 4.78 is 14.1. The summed E-state index contributed by atoms with van der Waals surface area (Å²) in [7, 11) is 0. The lowest BCUT2D eigenvalue weighted by atomic mass is 10.0. The van der Waals surface area contributed by atoms with Crippen LogP contribution in [0.1, 0.15) is 27.2 Å². The smallest absolute Gasteiger partial charge is 0.185 e. The molecule has 2 rings (SSSR count). The lowest BCUT2D eigenvalue weighted by Crippen LogP contribution is -2.17. The van der Waals surface area contributed by atoms with Crippen LogP contribution in [0.2, 0.25) is 0 Å². The van der Waals surface area contributed by atoms with Gasteiger partial charge in [-0.25, -0.2) is 4.39 Å². The van der Waals surface area contributed by atoms with E-state index >= 15 is 0 Å². The maximum absolute atomic E-state index is 13.5. The van der Waals surface area contributed by atoms with Crippen LogP contribution in [0.25, 0.3) is 0 Å². The Balaban J connectivity index is 2.06. The molecule has 122 valence electrons. The van der Waals surface area contributed by atoms with Crippen molar-refractivity contribution in [1.29, 1.82) is 0 Å². The number of pyridine rings is 1. The van der Waals surface area contributed by atoms with Crippen LogP contribution in [0.5, 0.6) is 0 Å². The minimum atomic E-state index is -0.372. The first-order valence-electron chi connectivity index (χ1n) is 7.25. The number of aliphatic hydroxyl groups is 1. The highest BCUT2D eigenvalue weighted by molar-refractivity contribution is 9.10. The first-order chi connectivity index (χ1) is 11.0. The van der Waals surface area contributed by atoms with E-state index in [9.17, 15) is 9.18 Å². The van der Waals surface area contributed by atoms with E-state index in [1.165, 1.54) is 12.1 Å². The zero-order valence-corrected chi connectivity index (χ0v) is 14.4. The molecule has 0 fully saturated rings. The number of hydrogen-bond acceptors (Lipinski definition) is 4. The van der Waals surface area contributed by atoms with Crippen LogP contribution in [-0.2, 0) is 13.0 Å². The molecule has 1 heterocycles. The molecule has 0 unspecified atom stereocenters. The minimum Gasteiger partial charge on any atom is -0.395 e. The molecule has 0 amide bonds. The number of Topliss-reactive ketones (excluding diaryl/α,β-unsaturated/α-hetero) is 1. The molecule has 0 saturated heterocycles. The second kappa shape index (κ2) is 8.29. The van der Waals surface area contributed by atoms with Crippen LogP contribution in [0.4, 0.5) is 4.39 Å². The number of carbonyl (C=O) groups excluding carboxylic acids is 1. The van der Waals surface area contributed by atoms with Gasteiger partial charge in [0.1, 0.15) is 11.5 Å². The summed E-state index contributed by atoms with van der Waals surface area (Å²) in [6, 6.07) is 6.25. The van der Waals surface area contributed by atoms with Crippen LogP contribution < -0.4 is 5.32 Å². The van der Waals surface area contributed by atoms with Gasteiger partial charge in [-0.1, -0.05) is 22.0 Å². The van der Waals surface area contributed by atoms with Crippen molar-refractivity contribution in [2.24, 2.45) is 0 Å². The molecule has 0 radical (unpaired) electrons. The number of halogens is 2. The number of nitrogens with zero attached hydrogens (tertiary/aromatic N) is 1. The Labute approximate surface area is 142 Å². The average Bonchev–Trinajstić information content (AvgIpc) is 2.53. The van der Waals surface area contributed by atoms with Gasteiger partial charge in [-0.15, -0.1) is 0 Å². The topological polar surface area (TPSA) is 62.2 Å². The third-order valence-corrected chi connectivity index (χ3v) is 4.32. The standard InChI is InChI=1S/C17H18BrFN2O2/c1-11-13(6-14(19)8-15(11)18)7-17(23)16-3-2-12(10-21-16)9-20-4-5-22/h2-3,6,8,10,20,22H,4-5,7,9H2,1H3. The van der Waals surface area contributed by atoms with Crippen molar-refractivity contribution in [2.75, 3.05) is 13.2 Å². The van der Waals surface area contributed by atoms with Crippen LogP contribution in [-0.4, -0.2) is 29.0 Å². The third-order valence-electron chi connectivity index (χ3n) is 3.50. The molecule has 0 aliphatic carbocycles. The first-order valence-corrected chi connectivity index (χ1v) is 8.04. The van der Waals surface area contributed by atoms with Crippen LogP contribution in [0.3, 0.4) is 0 Å². The van der Waals surface area contributed by atoms with Crippen molar-refractivity contribution < 1.29 is 14.3 Å². The van der Waals surface area contributed by atoms with Crippen molar-refractivity contribution >= 4 is 21.7 Å². The maximum Gasteiger partial charge on any atom is 0.185 e. The summed E-state index contributed by atoms with van der Waals surface area (Å²) in [6.45, 7) is 3.01. The molecule has 4 nitrogen and oxygen atoms in total. The van der Waals surface area contributed by atoms with E-state index in [1.54, 1.807) is 12.3 Å². The van der Waals surface area contributed by atoms with Crippen molar-refractivity contribution in [3.8, 4) is 0 Å². The molecule has 23 heavy (non-hydrogen) atoms. The highest BCUT2D eigenvalue weighted by Crippen LogP contribution is 2.22. The minimum absolute atomic E-state index is 0.0759. The Morgan fingerprint density at radius 1 is 1.39 bits per heavy atom. The number of hydrogen-bond donors (Lipinski definition) is 2. The lowest BCUT2D eigenvalue weighted by molar-refractivity contribution is 0.0988. The molecule has 0 saturated carbocycles. The molecule has 1 aromatic heterocycles. The summed E-state index contributed by atoms with van der Waals surface area (Å²) in [5.74, 6) is -0.524.